The van der Waals surface area contributed by atoms with Crippen LogP contribution in [0, 0.1) is 0 Å². The third-order valence-corrected chi connectivity index (χ3v) is 0.996. The largest absolute Gasteiger partial charge is 0.397 e. The smallest absolute Gasteiger partial charge is 0.317 e. The number of rotatable bonds is 0. The van der Waals surface area contributed by atoms with Gasteiger partial charge in [0.15, 0.2) is 0 Å². The Hall–Kier alpha value is -0.650. The first-order valence-electron chi connectivity index (χ1n) is 3.05. The second-order valence-electron chi connectivity index (χ2n) is 2.01. The first-order chi connectivity index (χ1) is 5.80. The summed E-state index contributed by atoms with van der Waals surface area (Å²) in [5.41, 5.74) is 12.1. The van der Waals surface area contributed by atoms with Crippen LogP contribution >= 0.6 is 21.4 Å². The van der Waals surface area contributed by atoms with Gasteiger partial charge in [0, 0.05) is 21.4 Å². The lowest BCUT2D eigenvalue weighted by Gasteiger charge is -1.94. The summed E-state index contributed by atoms with van der Waals surface area (Å²) in [7, 11) is 4.81. The van der Waals surface area contributed by atoms with Gasteiger partial charge in [0.05, 0.1) is 11.4 Å². The van der Waals surface area contributed by atoms with Crippen molar-refractivity contribution in [3.63, 3.8) is 0 Å². The van der Waals surface area contributed by atoms with Gasteiger partial charge in [0.1, 0.15) is 0 Å². The maximum atomic E-state index is 9.16. The van der Waals surface area contributed by atoms with Crippen LogP contribution in [-0.2, 0) is 8.26 Å². The van der Waals surface area contributed by atoms with Crippen LogP contribution in [0.3, 0.4) is 0 Å². The predicted octanol–water partition coefficient (Wildman–Crippen LogP) is 1.56. The van der Waals surface area contributed by atoms with Gasteiger partial charge >= 0.3 is 8.26 Å². The van der Waals surface area contributed by atoms with Crippen LogP contribution in [0.25, 0.3) is 0 Å². The number of halogens is 2. The lowest BCUT2D eigenvalue weighted by Crippen LogP contribution is -1.91. The second-order valence-corrected chi connectivity index (χ2v) is 5.68. The van der Waals surface area contributed by atoms with Crippen molar-refractivity contribution in [3.8, 4) is 0 Å². The predicted molar refractivity (Wildman–Crippen MR) is 55.9 cm³/mol. The Morgan fingerprint density at radius 1 is 1.00 bits per heavy atom. The van der Waals surface area contributed by atoms with E-state index < -0.39 is 8.26 Å². The molecule has 4 N–H and O–H groups in total. The molecule has 0 radical (unpaired) electrons. The Morgan fingerprint density at radius 2 is 1.23 bits per heavy atom. The number of nitrogen functional groups attached to an aromatic ring is 2. The van der Waals surface area contributed by atoms with Crippen LogP contribution in [0.4, 0.5) is 11.4 Å². The summed E-state index contributed by atoms with van der Waals surface area (Å²) < 4.78 is 18.3. The zero-order valence-electron chi connectivity index (χ0n) is 6.44. The standard InChI is InChI=1S/C6H8N2.Cl2O2S/c7-5-3-1-2-4-6(5)8;1-5(2,3)4/h1-4H,7-8H2;. The minimum atomic E-state index is -3.72. The second kappa shape index (κ2) is 5.16. The maximum Gasteiger partial charge on any atom is 0.317 e. The van der Waals surface area contributed by atoms with E-state index in [0.29, 0.717) is 11.4 Å². The summed E-state index contributed by atoms with van der Waals surface area (Å²) in [6, 6.07) is 7.25. The van der Waals surface area contributed by atoms with Crippen molar-refractivity contribution < 1.29 is 8.42 Å². The van der Waals surface area contributed by atoms with Crippen molar-refractivity contribution in [2.24, 2.45) is 0 Å². The molecule has 1 rings (SSSR count). The Bertz CT molecular complexity index is 338. The molecule has 0 saturated carbocycles. The van der Waals surface area contributed by atoms with E-state index in [4.69, 9.17) is 19.9 Å². The van der Waals surface area contributed by atoms with Crippen LogP contribution in [0.15, 0.2) is 24.3 Å². The van der Waals surface area contributed by atoms with E-state index in [1.54, 1.807) is 12.1 Å². The van der Waals surface area contributed by atoms with Crippen molar-refractivity contribution in [1.29, 1.82) is 0 Å². The number of hydrogen-bond acceptors (Lipinski definition) is 4. The summed E-state index contributed by atoms with van der Waals surface area (Å²) in [5, 5.41) is 0. The van der Waals surface area contributed by atoms with E-state index >= 15 is 0 Å². The molecular formula is C6H8Cl2N2O2S. The van der Waals surface area contributed by atoms with Gasteiger partial charge in [-0.1, -0.05) is 12.1 Å². The molecule has 0 bridgehead atoms. The van der Waals surface area contributed by atoms with Gasteiger partial charge in [-0.25, -0.2) is 0 Å². The Morgan fingerprint density at radius 3 is 1.38 bits per heavy atom. The average molecular weight is 243 g/mol. The van der Waals surface area contributed by atoms with Gasteiger partial charge in [0.2, 0.25) is 0 Å². The molecule has 4 nitrogen and oxygen atoms in total. The Balaban J connectivity index is 0.000000252. The number of benzene rings is 1. The molecule has 0 heterocycles. The maximum absolute atomic E-state index is 9.16. The summed E-state index contributed by atoms with van der Waals surface area (Å²) in [6.07, 6.45) is 0. The van der Waals surface area contributed by atoms with Gasteiger partial charge in [0.25, 0.3) is 0 Å². The lowest BCUT2D eigenvalue weighted by atomic mass is 10.3. The quantitative estimate of drug-likeness (QED) is 0.534. The van der Waals surface area contributed by atoms with Crippen molar-refractivity contribution in [1.82, 2.24) is 0 Å². The number of hydrogen-bond donors (Lipinski definition) is 2. The molecule has 1 aromatic carbocycles. The highest BCUT2D eigenvalue weighted by molar-refractivity contribution is 8.31. The summed E-state index contributed by atoms with van der Waals surface area (Å²) in [4.78, 5) is 0. The van der Waals surface area contributed by atoms with Crippen LogP contribution in [0.2, 0.25) is 0 Å². The van der Waals surface area contributed by atoms with Crippen molar-refractivity contribution in [2.45, 2.75) is 0 Å². The summed E-state index contributed by atoms with van der Waals surface area (Å²) >= 11 is 0. The number of para-hydroxylation sites is 2. The van der Waals surface area contributed by atoms with Crippen LogP contribution in [0.1, 0.15) is 0 Å². The summed E-state index contributed by atoms with van der Waals surface area (Å²) in [6.45, 7) is 0. The fourth-order valence-electron chi connectivity index (χ4n) is 0.511. The molecule has 13 heavy (non-hydrogen) atoms. The van der Waals surface area contributed by atoms with E-state index in [9.17, 15) is 0 Å². The van der Waals surface area contributed by atoms with Crippen LogP contribution in [0.5, 0.6) is 0 Å². The van der Waals surface area contributed by atoms with Gasteiger partial charge in [-0.3, -0.25) is 0 Å². The fourth-order valence-corrected chi connectivity index (χ4v) is 0.511. The third kappa shape index (κ3) is 9.26. The SMILES string of the molecule is Nc1ccccc1N.O=S(=O)(Cl)Cl. The first-order valence-corrected chi connectivity index (χ1v) is 6.18. The van der Waals surface area contributed by atoms with E-state index in [1.807, 2.05) is 12.1 Å². The van der Waals surface area contributed by atoms with Crippen LogP contribution in [-0.4, -0.2) is 8.42 Å². The molecule has 0 atom stereocenters. The fraction of sp³-hybridized carbons (Fsp3) is 0. The normalized spacial score (nSPS) is 10.0. The molecule has 74 valence electrons. The molecule has 0 aliphatic heterocycles. The minimum Gasteiger partial charge on any atom is -0.397 e. The molecule has 0 amide bonds. The highest BCUT2D eigenvalue weighted by Gasteiger charge is 1.88. The Kier molecular flexibility index (Phi) is 4.90. The van der Waals surface area contributed by atoms with Gasteiger partial charge in [-0.15, -0.1) is 0 Å². The van der Waals surface area contributed by atoms with Gasteiger partial charge < -0.3 is 11.5 Å². The first kappa shape index (κ1) is 12.3. The molecule has 0 aromatic heterocycles. The topological polar surface area (TPSA) is 86.2 Å². The molecule has 0 fully saturated rings. The van der Waals surface area contributed by atoms with E-state index in [2.05, 4.69) is 21.4 Å². The third-order valence-electron chi connectivity index (χ3n) is 0.996. The zero-order chi connectivity index (χ0) is 10.5. The van der Waals surface area contributed by atoms with Crippen molar-refractivity contribution >= 4 is 41.0 Å². The van der Waals surface area contributed by atoms with E-state index in [1.165, 1.54) is 0 Å². The van der Waals surface area contributed by atoms with Crippen LogP contribution < -0.4 is 11.5 Å². The molecule has 1 aromatic rings. The van der Waals surface area contributed by atoms with E-state index in [-0.39, 0.29) is 0 Å². The molecule has 7 heteroatoms. The van der Waals surface area contributed by atoms with Gasteiger partial charge in [-0.2, -0.15) is 8.42 Å². The molecular weight excluding hydrogens is 235 g/mol. The van der Waals surface area contributed by atoms with Gasteiger partial charge in [-0.05, 0) is 12.1 Å². The molecule has 0 aliphatic rings. The monoisotopic (exact) mass is 242 g/mol. The zero-order valence-corrected chi connectivity index (χ0v) is 8.77. The van der Waals surface area contributed by atoms with Crippen molar-refractivity contribution in [2.75, 3.05) is 11.5 Å². The highest BCUT2D eigenvalue weighted by atomic mass is 36.0. The molecule has 0 spiro atoms. The highest BCUT2D eigenvalue weighted by Crippen LogP contribution is 2.10. The molecule has 0 aliphatic carbocycles. The summed E-state index contributed by atoms with van der Waals surface area (Å²) in [5.74, 6) is 0. The van der Waals surface area contributed by atoms with E-state index in [0.717, 1.165) is 0 Å². The average Bonchev–Trinajstić information content (AvgIpc) is 1.92. The lowest BCUT2D eigenvalue weighted by molar-refractivity contribution is 0.621. The number of anilines is 2. The number of nitrogens with two attached hydrogens (primary N) is 2. The molecule has 0 saturated heterocycles. The molecule has 0 unspecified atom stereocenters. The minimum absolute atomic E-state index is 0.646. The van der Waals surface area contributed by atoms with Crippen molar-refractivity contribution in [3.05, 3.63) is 24.3 Å². The Labute approximate surface area is 85.4 Å².